The summed E-state index contributed by atoms with van der Waals surface area (Å²) < 4.78 is 7.48. The van der Waals surface area contributed by atoms with Crippen molar-refractivity contribution in [2.45, 2.75) is 45.3 Å². The van der Waals surface area contributed by atoms with E-state index in [2.05, 4.69) is 66.4 Å². The Labute approximate surface area is 195 Å². The van der Waals surface area contributed by atoms with Gasteiger partial charge in [0.15, 0.2) is 10.3 Å². The number of aryl methyl sites for hydroxylation is 2. The van der Waals surface area contributed by atoms with Crippen LogP contribution in [0.15, 0.2) is 51.5 Å². The molecule has 0 unspecified atom stereocenters. The fourth-order valence-corrected chi connectivity index (χ4v) is 4.67. The molecule has 0 aliphatic rings. The maximum absolute atomic E-state index is 12.6. The van der Waals surface area contributed by atoms with Crippen LogP contribution in [0.4, 0.5) is 5.13 Å². The first kappa shape index (κ1) is 22.3. The first-order valence-electron chi connectivity index (χ1n) is 10.3. The Balaban J connectivity index is 1.40. The second-order valence-electron chi connectivity index (χ2n) is 7.83. The number of hydrogen-bond acceptors (Lipinski definition) is 7. The zero-order chi connectivity index (χ0) is 22.7. The number of amides is 1. The van der Waals surface area contributed by atoms with Crippen LogP contribution in [-0.2, 0) is 11.3 Å². The van der Waals surface area contributed by atoms with Crippen molar-refractivity contribution in [3.63, 3.8) is 0 Å². The van der Waals surface area contributed by atoms with Crippen molar-refractivity contribution in [3.8, 4) is 11.3 Å². The molecule has 0 atom stereocenters. The summed E-state index contributed by atoms with van der Waals surface area (Å²) in [4.78, 5) is 17.1. The van der Waals surface area contributed by atoms with E-state index < -0.39 is 0 Å². The Hall–Kier alpha value is -2.91. The minimum atomic E-state index is -0.130. The van der Waals surface area contributed by atoms with Crippen LogP contribution in [0.25, 0.3) is 11.3 Å². The molecule has 0 aliphatic heterocycles. The highest BCUT2D eigenvalue weighted by molar-refractivity contribution is 7.99. The minimum Gasteiger partial charge on any atom is -0.467 e. The van der Waals surface area contributed by atoms with Gasteiger partial charge in [0.05, 0.1) is 24.3 Å². The van der Waals surface area contributed by atoms with E-state index in [0.717, 1.165) is 22.8 Å². The highest BCUT2D eigenvalue weighted by atomic mass is 32.2. The second-order valence-corrected chi connectivity index (χ2v) is 9.64. The molecule has 0 aliphatic carbocycles. The molecule has 32 heavy (non-hydrogen) atoms. The van der Waals surface area contributed by atoms with Gasteiger partial charge in [0, 0.05) is 16.9 Å². The molecule has 9 heteroatoms. The van der Waals surface area contributed by atoms with Gasteiger partial charge in [-0.25, -0.2) is 4.98 Å². The number of aromatic nitrogens is 4. The Morgan fingerprint density at radius 2 is 2.06 bits per heavy atom. The Morgan fingerprint density at radius 1 is 1.22 bits per heavy atom. The first-order chi connectivity index (χ1) is 15.4. The number of furan rings is 1. The van der Waals surface area contributed by atoms with Crippen molar-refractivity contribution >= 4 is 34.1 Å². The van der Waals surface area contributed by atoms with Crippen molar-refractivity contribution in [2.75, 3.05) is 11.1 Å². The van der Waals surface area contributed by atoms with Gasteiger partial charge in [0.1, 0.15) is 11.6 Å². The summed E-state index contributed by atoms with van der Waals surface area (Å²) in [6.07, 6.45) is 1.65. The van der Waals surface area contributed by atoms with Crippen molar-refractivity contribution in [2.24, 2.45) is 0 Å². The van der Waals surface area contributed by atoms with E-state index in [1.54, 1.807) is 6.26 Å². The zero-order valence-electron chi connectivity index (χ0n) is 18.5. The van der Waals surface area contributed by atoms with E-state index in [-0.39, 0.29) is 17.6 Å². The van der Waals surface area contributed by atoms with Gasteiger partial charge in [-0.15, -0.1) is 21.5 Å². The predicted molar refractivity (Wildman–Crippen MR) is 128 cm³/mol. The monoisotopic (exact) mass is 467 g/mol. The number of thiazole rings is 1. The van der Waals surface area contributed by atoms with E-state index in [9.17, 15) is 4.79 Å². The molecule has 1 amide bonds. The number of carbonyl (C=O) groups excluding carboxylic acids is 1. The minimum absolute atomic E-state index is 0.130. The molecular weight excluding hydrogens is 442 g/mol. The number of nitrogens with zero attached hydrogens (tertiary/aromatic N) is 4. The van der Waals surface area contributed by atoms with Gasteiger partial charge in [-0.3, -0.25) is 9.36 Å². The van der Waals surface area contributed by atoms with Crippen LogP contribution < -0.4 is 5.32 Å². The second kappa shape index (κ2) is 9.70. The lowest BCUT2D eigenvalue weighted by molar-refractivity contribution is -0.113. The molecular formula is C23H25N5O2S2. The molecule has 3 aromatic heterocycles. The Morgan fingerprint density at radius 3 is 2.78 bits per heavy atom. The molecule has 0 saturated carbocycles. The number of rotatable bonds is 8. The number of carbonyl (C=O) groups is 1. The summed E-state index contributed by atoms with van der Waals surface area (Å²) in [6.45, 7) is 8.84. The van der Waals surface area contributed by atoms with Crippen LogP contribution in [-0.4, -0.2) is 31.4 Å². The van der Waals surface area contributed by atoms with Crippen LogP contribution in [0.1, 0.15) is 42.5 Å². The van der Waals surface area contributed by atoms with Crippen LogP contribution in [0, 0.1) is 13.8 Å². The maximum Gasteiger partial charge on any atom is 0.236 e. The third kappa shape index (κ3) is 5.11. The molecule has 3 heterocycles. The van der Waals surface area contributed by atoms with Crippen LogP contribution in [0.3, 0.4) is 0 Å². The molecule has 0 saturated heterocycles. The molecule has 1 aromatic carbocycles. The lowest BCUT2D eigenvalue weighted by Crippen LogP contribution is -2.15. The van der Waals surface area contributed by atoms with Gasteiger partial charge in [-0.05, 0) is 43.2 Å². The molecule has 0 bridgehead atoms. The third-order valence-electron chi connectivity index (χ3n) is 5.04. The van der Waals surface area contributed by atoms with Crippen molar-refractivity contribution in [1.29, 1.82) is 0 Å². The lowest BCUT2D eigenvalue weighted by atomic mass is 10.1. The zero-order valence-corrected chi connectivity index (χ0v) is 20.1. The number of anilines is 1. The molecule has 0 radical (unpaired) electrons. The maximum atomic E-state index is 12.6. The molecule has 1 N–H and O–H groups in total. The first-order valence-corrected chi connectivity index (χ1v) is 12.2. The summed E-state index contributed by atoms with van der Waals surface area (Å²) in [5, 5.41) is 14.7. The van der Waals surface area contributed by atoms with E-state index in [1.165, 1.54) is 34.2 Å². The molecule has 0 spiro atoms. The topological polar surface area (TPSA) is 85.8 Å². The fourth-order valence-electron chi connectivity index (χ4n) is 3.19. The van der Waals surface area contributed by atoms with Gasteiger partial charge >= 0.3 is 0 Å². The predicted octanol–water partition coefficient (Wildman–Crippen LogP) is 5.51. The van der Waals surface area contributed by atoms with Crippen LogP contribution in [0.5, 0.6) is 0 Å². The standard InChI is InChI=1S/C23H25N5O2S2/c1-14(2)21-26-27-23(28(21)11-18-6-5-9-30-18)32-13-20(29)25-22-24-19(12-31-22)17-8-7-15(3)16(4)10-17/h5-10,12,14H,11,13H2,1-4H3,(H,24,25,29). The number of benzene rings is 1. The molecule has 4 rings (SSSR count). The van der Waals surface area contributed by atoms with Crippen molar-refractivity contribution < 1.29 is 9.21 Å². The highest BCUT2D eigenvalue weighted by Gasteiger charge is 2.18. The normalized spacial score (nSPS) is 11.3. The Bertz CT molecular complexity index is 1210. The molecule has 0 fully saturated rings. The van der Waals surface area contributed by atoms with Gasteiger partial charge in [-0.2, -0.15) is 0 Å². The quantitative estimate of drug-likeness (QED) is 0.344. The molecule has 4 aromatic rings. The van der Waals surface area contributed by atoms with Gasteiger partial charge < -0.3 is 9.73 Å². The third-order valence-corrected chi connectivity index (χ3v) is 6.77. The van der Waals surface area contributed by atoms with Gasteiger partial charge in [0.2, 0.25) is 5.91 Å². The highest BCUT2D eigenvalue weighted by Crippen LogP contribution is 2.27. The van der Waals surface area contributed by atoms with Gasteiger partial charge in [-0.1, -0.05) is 37.7 Å². The van der Waals surface area contributed by atoms with E-state index in [4.69, 9.17) is 4.42 Å². The lowest BCUT2D eigenvalue weighted by Gasteiger charge is -2.10. The average molecular weight is 468 g/mol. The van der Waals surface area contributed by atoms with Gasteiger partial charge in [0.25, 0.3) is 0 Å². The SMILES string of the molecule is Cc1ccc(-c2csc(NC(=O)CSc3nnc(C(C)C)n3Cc3ccco3)n2)cc1C. The number of hydrogen-bond donors (Lipinski definition) is 1. The van der Waals surface area contributed by atoms with Crippen molar-refractivity contribution in [3.05, 3.63) is 64.7 Å². The van der Waals surface area contributed by atoms with Crippen LogP contribution >= 0.6 is 23.1 Å². The summed E-state index contributed by atoms with van der Waals surface area (Å²) in [6, 6.07) is 10.0. The number of nitrogens with one attached hydrogen (secondary N) is 1. The van der Waals surface area contributed by atoms with Crippen LogP contribution in [0.2, 0.25) is 0 Å². The largest absolute Gasteiger partial charge is 0.467 e. The van der Waals surface area contributed by atoms with Crippen molar-refractivity contribution in [1.82, 2.24) is 19.7 Å². The van der Waals surface area contributed by atoms with E-state index in [0.29, 0.717) is 16.8 Å². The summed E-state index contributed by atoms with van der Waals surface area (Å²) >= 11 is 2.77. The molecule has 7 nitrogen and oxygen atoms in total. The summed E-state index contributed by atoms with van der Waals surface area (Å²) in [5.74, 6) is 1.98. The summed E-state index contributed by atoms with van der Waals surface area (Å²) in [5.41, 5.74) is 4.37. The number of thioether (sulfide) groups is 1. The molecule has 166 valence electrons. The average Bonchev–Trinajstić information content (AvgIpc) is 3.50. The summed E-state index contributed by atoms with van der Waals surface area (Å²) in [7, 11) is 0. The van der Waals surface area contributed by atoms with E-state index in [1.807, 2.05) is 22.1 Å². The smallest absolute Gasteiger partial charge is 0.236 e. The van der Waals surface area contributed by atoms with E-state index >= 15 is 0 Å². The fraction of sp³-hybridized carbons (Fsp3) is 0.304. The Kier molecular flexibility index (Phi) is 6.76.